The average molecular weight is 283 g/mol. The summed E-state index contributed by atoms with van der Waals surface area (Å²) < 4.78 is 0. The van der Waals surface area contributed by atoms with Crippen LogP contribution < -0.4 is 4.90 Å². The van der Waals surface area contributed by atoms with E-state index < -0.39 is 0 Å². The van der Waals surface area contributed by atoms with E-state index in [1.165, 1.54) is 9.79 Å². The smallest absolute Gasteiger partial charge is 0.155 e. The van der Waals surface area contributed by atoms with Gasteiger partial charge in [-0.1, -0.05) is 49.9 Å². The van der Waals surface area contributed by atoms with Crippen LogP contribution in [0.25, 0.3) is 0 Å². The summed E-state index contributed by atoms with van der Waals surface area (Å²) in [5.74, 6) is 0.324. The molecule has 0 fully saturated rings. The average Bonchev–Trinajstić information content (AvgIpc) is 2.46. The number of benzene rings is 2. The Balaban J connectivity index is 2.05. The van der Waals surface area contributed by atoms with Crippen molar-refractivity contribution in [3.63, 3.8) is 0 Å². The minimum atomic E-state index is 0.0592. The molecule has 2 aromatic rings. The van der Waals surface area contributed by atoms with Crippen molar-refractivity contribution < 1.29 is 4.79 Å². The summed E-state index contributed by atoms with van der Waals surface area (Å²) in [6, 6.07) is 16.5. The SMILES string of the molecule is CC(C)C(=O)CN1c2ccccc2Sc2ccccc21. The van der Waals surface area contributed by atoms with Crippen molar-refractivity contribution in [2.45, 2.75) is 23.6 Å². The number of nitrogens with zero attached hydrogens (tertiary/aromatic N) is 1. The van der Waals surface area contributed by atoms with Crippen LogP contribution in [0.3, 0.4) is 0 Å². The van der Waals surface area contributed by atoms with Gasteiger partial charge in [0.1, 0.15) is 0 Å². The Kier molecular flexibility index (Phi) is 3.53. The lowest BCUT2D eigenvalue weighted by Gasteiger charge is -2.32. The van der Waals surface area contributed by atoms with E-state index in [-0.39, 0.29) is 11.7 Å². The molecule has 0 atom stereocenters. The monoisotopic (exact) mass is 283 g/mol. The summed E-state index contributed by atoms with van der Waals surface area (Å²) in [5, 5.41) is 0. The third-order valence-corrected chi connectivity index (χ3v) is 4.62. The van der Waals surface area contributed by atoms with E-state index in [1.54, 1.807) is 11.8 Å². The normalized spacial score (nSPS) is 13.1. The number of carbonyl (C=O) groups is 1. The third kappa shape index (κ3) is 2.34. The van der Waals surface area contributed by atoms with E-state index in [2.05, 4.69) is 29.2 Å². The van der Waals surface area contributed by atoms with Crippen LogP contribution in [0.5, 0.6) is 0 Å². The highest BCUT2D eigenvalue weighted by Gasteiger charge is 2.25. The lowest BCUT2D eigenvalue weighted by atomic mass is 10.1. The fourth-order valence-electron chi connectivity index (χ4n) is 2.29. The fourth-order valence-corrected chi connectivity index (χ4v) is 3.39. The quantitative estimate of drug-likeness (QED) is 0.826. The van der Waals surface area contributed by atoms with Crippen LogP contribution in [0.15, 0.2) is 58.3 Å². The lowest BCUT2D eigenvalue weighted by molar-refractivity contribution is -0.120. The highest BCUT2D eigenvalue weighted by atomic mass is 32.2. The number of ketones is 1. The van der Waals surface area contributed by atoms with E-state index in [4.69, 9.17) is 0 Å². The maximum Gasteiger partial charge on any atom is 0.155 e. The van der Waals surface area contributed by atoms with Gasteiger partial charge in [-0.25, -0.2) is 0 Å². The first kappa shape index (κ1) is 13.3. The molecule has 0 saturated heterocycles. The van der Waals surface area contributed by atoms with Gasteiger partial charge >= 0.3 is 0 Å². The molecule has 1 aliphatic rings. The van der Waals surface area contributed by atoms with Crippen LogP contribution in [0.1, 0.15) is 13.8 Å². The number of Topliss-reactive ketones (excluding diaryl/α,β-unsaturated/α-hetero) is 1. The molecule has 0 N–H and O–H groups in total. The number of carbonyl (C=O) groups excluding carboxylic acids is 1. The third-order valence-electron chi connectivity index (χ3n) is 3.49. The lowest BCUT2D eigenvalue weighted by Crippen LogP contribution is -2.29. The second-order valence-corrected chi connectivity index (χ2v) is 6.33. The largest absolute Gasteiger partial charge is 0.332 e. The van der Waals surface area contributed by atoms with Gasteiger partial charge in [0, 0.05) is 15.7 Å². The predicted molar refractivity (Wildman–Crippen MR) is 83.9 cm³/mol. The minimum Gasteiger partial charge on any atom is -0.332 e. The molecule has 0 aliphatic carbocycles. The van der Waals surface area contributed by atoms with Crippen molar-refractivity contribution in [3.05, 3.63) is 48.5 Å². The summed E-state index contributed by atoms with van der Waals surface area (Å²) in [7, 11) is 0. The van der Waals surface area contributed by atoms with Crippen molar-refractivity contribution in [3.8, 4) is 0 Å². The van der Waals surface area contributed by atoms with Crippen LogP contribution in [0.4, 0.5) is 11.4 Å². The number of para-hydroxylation sites is 2. The van der Waals surface area contributed by atoms with Crippen molar-refractivity contribution in [1.82, 2.24) is 0 Å². The molecular weight excluding hydrogens is 266 g/mol. The second kappa shape index (κ2) is 5.33. The zero-order valence-corrected chi connectivity index (χ0v) is 12.5. The maximum atomic E-state index is 12.2. The molecule has 0 amide bonds. The Morgan fingerprint density at radius 1 is 1.00 bits per heavy atom. The Hall–Kier alpha value is -1.74. The van der Waals surface area contributed by atoms with E-state index in [0.717, 1.165) is 11.4 Å². The second-order valence-electron chi connectivity index (χ2n) is 5.24. The number of hydrogen-bond donors (Lipinski definition) is 0. The number of rotatable bonds is 3. The molecule has 20 heavy (non-hydrogen) atoms. The first-order valence-corrected chi connectivity index (χ1v) is 7.64. The number of anilines is 2. The van der Waals surface area contributed by atoms with Gasteiger partial charge in [0.15, 0.2) is 5.78 Å². The Bertz CT molecular complexity index is 605. The fraction of sp³-hybridized carbons (Fsp3) is 0.235. The topological polar surface area (TPSA) is 20.3 Å². The van der Waals surface area contributed by atoms with Gasteiger partial charge in [0.2, 0.25) is 0 Å². The highest BCUT2D eigenvalue weighted by Crippen LogP contribution is 2.47. The number of hydrogen-bond acceptors (Lipinski definition) is 3. The summed E-state index contributed by atoms with van der Waals surface area (Å²) in [5.41, 5.74) is 2.26. The van der Waals surface area contributed by atoms with E-state index >= 15 is 0 Å². The molecule has 0 bridgehead atoms. The van der Waals surface area contributed by atoms with Gasteiger partial charge in [-0.15, -0.1) is 0 Å². The van der Waals surface area contributed by atoms with Gasteiger partial charge in [-0.3, -0.25) is 4.79 Å². The van der Waals surface area contributed by atoms with Crippen molar-refractivity contribution in [1.29, 1.82) is 0 Å². The van der Waals surface area contributed by atoms with Crippen molar-refractivity contribution in [2.75, 3.05) is 11.4 Å². The Morgan fingerprint density at radius 3 is 2.00 bits per heavy atom. The van der Waals surface area contributed by atoms with Gasteiger partial charge in [-0.05, 0) is 24.3 Å². The van der Waals surface area contributed by atoms with Crippen LogP contribution in [-0.2, 0) is 4.79 Å². The van der Waals surface area contributed by atoms with Crippen molar-refractivity contribution >= 4 is 28.9 Å². The van der Waals surface area contributed by atoms with Crippen LogP contribution in [0, 0.1) is 5.92 Å². The molecule has 3 heteroatoms. The van der Waals surface area contributed by atoms with E-state index in [9.17, 15) is 4.79 Å². The molecule has 0 spiro atoms. The summed E-state index contributed by atoms with van der Waals surface area (Å²) in [4.78, 5) is 16.7. The molecule has 1 heterocycles. The molecule has 3 rings (SSSR count). The first-order chi connectivity index (χ1) is 9.66. The zero-order chi connectivity index (χ0) is 14.1. The van der Waals surface area contributed by atoms with Crippen molar-refractivity contribution in [2.24, 2.45) is 5.92 Å². The Labute approximate surface area is 123 Å². The molecule has 0 radical (unpaired) electrons. The predicted octanol–water partition coefficient (Wildman–Crippen LogP) is 4.51. The van der Waals surface area contributed by atoms with Crippen LogP contribution >= 0.6 is 11.8 Å². The van der Waals surface area contributed by atoms with Gasteiger partial charge < -0.3 is 4.90 Å². The van der Waals surface area contributed by atoms with Gasteiger partial charge in [0.25, 0.3) is 0 Å². The van der Waals surface area contributed by atoms with Gasteiger partial charge in [-0.2, -0.15) is 0 Å². The Morgan fingerprint density at radius 2 is 1.50 bits per heavy atom. The maximum absolute atomic E-state index is 12.2. The highest BCUT2D eigenvalue weighted by molar-refractivity contribution is 7.99. The first-order valence-electron chi connectivity index (χ1n) is 6.83. The molecule has 0 unspecified atom stereocenters. The van der Waals surface area contributed by atoms with Crippen LogP contribution in [0.2, 0.25) is 0 Å². The van der Waals surface area contributed by atoms with Gasteiger partial charge in [0.05, 0.1) is 17.9 Å². The summed E-state index contributed by atoms with van der Waals surface area (Å²) >= 11 is 1.77. The minimum absolute atomic E-state index is 0.0592. The molecule has 0 saturated carbocycles. The molecule has 0 aromatic heterocycles. The zero-order valence-electron chi connectivity index (χ0n) is 11.7. The van der Waals surface area contributed by atoms with Crippen LogP contribution in [-0.4, -0.2) is 12.3 Å². The molecular formula is C17H17NOS. The van der Waals surface area contributed by atoms with E-state index in [0.29, 0.717) is 6.54 Å². The molecule has 1 aliphatic heterocycles. The molecule has 2 nitrogen and oxygen atoms in total. The molecule has 2 aromatic carbocycles. The summed E-state index contributed by atoms with van der Waals surface area (Å²) in [6.45, 7) is 4.35. The number of fused-ring (bicyclic) bond motifs is 2. The van der Waals surface area contributed by atoms with E-state index in [1.807, 2.05) is 38.1 Å². The molecule has 102 valence electrons. The standard InChI is InChI=1S/C17H17NOS/c1-12(2)15(19)11-18-13-7-3-5-9-16(13)20-17-10-6-4-8-14(17)18/h3-10,12H,11H2,1-2H3. The summed E-state index contributed by atoms with van der Waals surface area (Å²) in [6.07, 6.45) is 0.